The molecule has 0 amide bonds. The van der Waals surface area contributed by atoms with Gasteiger partial charge >= 0.3 is 6.18 Å². The van der Waals surface area contributed by atoms with Gasteiger partial charge in [-0.2, -0.15) is 18.2 Å². The lowest BCUT2D eigenvalue weighted by Gasteiger charge is -2.26. The molecule has 0 aromatic carbocycles. The van der Waals surface area contributed by atoms with Crippen molar-refractivity contribution in [3.63, 3.8) is 0 Å². The average molecular weight is 334 g/mol. The van der Waals surface area contributed by atoms with E-state index in [1.165, 1.54) is 4.90 Å². The van der Waals surface area contributed by atoms with E-state index in [0.29, 0.717) is 25.9 Å². The number of rotatable bonds is 3. The number of hydrogen-bond acceptors (Lipinski definition) is 6. The van der Waals surface area contributed by atoms with Crippen LogP contribution in [0.5, 0.6) is 0 Å². The van der Waals surface area contributed by atoms with E-state index in [1.807, 2.05) is 0 Å². The van der Waals surface area contributed by atoms with Crippen molar-refractivity contribution in [1.82, 2.24) is 9.97 Å². The van der Waals surface area contributed by atoms with Gasteiger partial charge in [0.2, 0.25) is 5.95 Å². The summed E-state index contributed by atoms with van der Waals surface area (Å²) in [6.45, 7) is 0.420. The Hall–Kier alpha value is -1.61. The van der Waals surface area contributed by atoms with Crippen molar-refractivity contribution in [3.8, 4) is 0 Å². The van der Waals surface area contributed by atoms with Crippen molar-refractivity contribution in [2.75, 3.05) is 43.6 Å². The van der Waals surface area contributed by atoms with Gasteiger partial charge in [0.25, 0.3) is 0 Å². The Morgan fingerprint density at radius 1 is 1.26 bits per heavy atom. The minimum Gasteiger partial charge on any atom is -0.393 e. The molecule has 0 spiro atoms. The third-order valence-corrected chi connectivity index (χ3v) is 3.93. The van der Waals surface area contributed by atoms with E-state index in [0.717, 1.165) is 6.07 Å². The monoisotopic (exact) mass is 334 g/mol. The number of hydrogen-bond donors (Lipinski definition) is 2. The lowest BCUT2D eigenvalue weighted by atomic mass is 9.96. The Morgan fingerprint density at radius 3 is 2.52 bits per heavy atom. The Labute approximate surface area is 132 Å². The maximum atomic E-state index is 13.0. The van der Waals surface area contributed by atoms with Crippen LogP contribution in [-0.4, -0.2) is 59.6 Å². The summed E-state index contributed by atoms with van der Waals surface area (Å²) in [5.74, 6) is 0.162. The summed E-state index contributed by atoms with van der Waals surface area (Å²) >= 11 is 0. The van der Waals surface area contributed by atoms with Gasteiger partial charge in [-0.15, -0.1) is 0 Å². The number of aliphatic hydroxyl groups excluding tert-OH is 1. The van der Waals surface area contributed by atoms with Crippen molar-refractivity contribution in [2.24, 2.45) is 0 Å². The highest BCUT2D eigenvalue weighted by molar-refractivity contribution is 5.46. The zero-order chi connectivity index (χ0) is 17.3. The third kappa shape index (κ3) is 4.23. The molecule has 2 heterocycles. The van der Waals surface area contributed by atoms with Crippen molar-refractivity contribution >= 4 is 11.8 Å². The smallest absolute Gasteiger partial charge is 0.393 e. The second-order valence-corrected chi connectivity index (χ2v) is 6.03. The molecule has 0 saturated carbocycles. The van der Waals surface area contributed by atoms with Crippen LogP contribution < -0.4 is 9.80 Å². The van der Waals surface area contributed by atoms with Crippen LogP contribution >= 0.6 is 0 Å². The van der Waals surface area contributed by atoms with E-state index in [-0.39, 0.29) is 24.8 Å². The number of halogens is 3. The van der Waals surface area contributed by atoms with Crippen LogP contribution in [0.2, 0.25) is 0 Å². The van der Waals surface area contributed by atoms with Crippen LogP contribution in [0.15, 0.2) is 6.07 Å². The molecule has 130 valence electrons. The first kappa shape index (κ1) is 17.7. The molecular formula is C14H21F3N4O2. The molecule has 2 rings (SSSR count). The highest BCUT2D eigenvalue weighted by Gasteiger charge is 2.35. The predicted molar refractivity (Wildman–Crippen MR) is 79.5 cm³/mol. The Morgan fingerprint density at radius 2 is 1.96 bits per heavy atom. The minimum atomic E-state index is -4.56. The van der Waals surface area contributed by atoms with Crippen LogP contribution in [0.25, 0.3) is 0 Å². The summed E-state index contributed by atoms with van der Waals surface area (Å²) in [7, 11) is 3.15. The molecule has 0 aliphatic carbocycles. The maximum Gasteiger partial charge on any atom is 0.433 e. The predicted octanol–water partition coefficient (Wildman–Crippen LogP) is 1.28. The molecule has 1 aliphatic rings. The van der Waals surface area contributed by atoms with E-state index in [4.69, 9.17) is 0 Å². The summed E-state index contributed by atoms with van der Waals surface area (Å²) in [6, 6.07) is 0.927. The van der Waals surface area contributed by atoms with Gasteiger partial charge in [0, 0.05) is 33.3 Å². The van der Waals surface area contributed by atoms with Gasteiger partial charge in [-0.3, -0.25) is 0 Å². The van der Waals surface area contributed by atoms with Gasteiger partial charge in [0.05, 0.1) is 12.2 Å². The molecule has 1 unspecified atom stereocenters. The summed E-state index contributed by atoms with van der Waals surface area (Å²) in [5, 5.41) is 19.4. The molecule has 6 nitrogen and oxygen atoms in total. The summed E-state index contributed by atoms with van der Waals surface area (Å²) in [4.78, 5) is 10.8. The van der Waals surface area contributed by atoms with Crippen LogP contribution in [0.3, 0.4) is 0 Å². The topological polar surface area (TPSA) is 72.7 Å². The quantitative estimate of drug-likeness (QED) is 0.867. The van der Waals surface area contributed by atoms with Crippen LogP contribution in [0.1, 0.15) is 25.0 Å². The van der Waals surface area contributed by atoms with Gasteiger partial charge in [0.1, 0.15) is 5.82 Å². The molecule has 1 atom stereocenters. The summed E-state index contributed by atoms with van der Waals surface area (Å²) in [6.07, 6.45) is -3.33. The van der Waals surface area contributed by atoms with E-state index in [9.17, 15) is 23.4 Å². The van der Waals surface area contributed by atoms with Gasteiger partial charge in [-0.25, -0.2) is 4.98 Å². The molecule has 1 aromatic heterocycles. The lowest BCUT2D eigenvalue weighted by molar-refractivity contribution is -0.141. The molecule has 23 heavy (non-hydrogen) atoms. The number of nitrogens with zero attached hydrogens (tertiary/aromatic N) is 4. The van der Waals surface area contributed by atoms with Gasteiger partial charge in [0.15, 0.2) is 5.69 Å². The molecule has 1 saturated heterocycles. The lowest BCUT2D eigenvalue weighted by Crippen LogP contribution is -2.35. The number of anilines is 2. The Kier molecular flexibility index (Phi) is 5.00. The molecular weight excluding hydrogens is 313 g/mol. The molecule has 0 bridgehead atoms. The Balaban J connectivity index is 2.33. The second-order valence-electron chi connectivity index (χ2n) is 6.03. The molecule has 1 fully saturated rings. The average Bonchev–Trinajstić information content (AvgIpc) is 2.68. The standard InChI is InChI=1S/C14H21F3N4O2/c1-20(2)12-18-10(14(15,16)17)8-11(19-12)21-6-3-4-13(23,9-22)5-7-21/h8,22-23H,3-7,9H2,1-2H3. The number of aliphatic hydroxyl groups is 2. The third-order valence-electron chi connectivity index (χ3n) is 3.93. The maximum absolute atomic E-state index is 13.0. The van der Waals surface area contributed by atoms with Crippen LogP contribution in [-0.2, 0) is 6.18 Å². The van der Waals surface area contributed by atoms with Crippen molar-refractivity contribution in [1.29, 1.82) is 0 Å². The largest absolute Gasteiger partial charge is 0.433 e. The van der Waals surface area contributed by atoms with Crippen LogP contribution in [0.4, 0.5) is 24.9 Å². The van der Waals surface area contributed by atoms with Gasteiger partial charge in [-0.05, 0) is 19.3 Å². The van der Waals surface area contributed by atoms with E-state index < -0.39 is 17.5 Å². The number of alkyl halides is 3. The van der Waals surface area contributed by atoms with Gasteiger partial charge in [-0.1, -0.05) is 0 Å². The molecule has 0 radical (unpaired) electrons. The first-order chi connectivity index (χ1) is 10.6. The first-order valence-electron chi connectivity index (χ1n) is 7.36. The fourth-order valence-electron chi connectivity index (χ4n) is 2.50. The van der Waals surface area contributed by atoms with E-state index in [2.05, 4.69) is 9.97 Å². The first-order valence-corrected chi connectivity index (χ1v) is 7.36. The highest BCUT2D eigenvalue weighted by Crippen LogP contribution is 2.32. The van der Waals surface area contributed by atoms with Crippen molar-refractivity contribution < 1.29 is 23.4 Å². The highest BCUT2D eigenvalue weighted by atomic mass is 19.4. The Bertz CT molecular complexity index is 553. The molecule has 9 heteroatoms. The van der Waals surface area contributed by atoms with Crippen molar-refractivity contribution in [2.45, 2.75) is 31.0 Å². The molecule has 1 aromatic rings. The zero-order valence-corrected chi connectivity index (χ0v) is 13.1. The normalized spacial score (nSPS) is 22.8. The SMILES string of the molecule is CN(C)c1nc(N2CCCC(O)(CO)CC2)cc(C(F)(F)F)n1. The number of aromatic nitrogens is 2. The minimum absolute atomic E-state index is 0.0171. The molecule has 2 N–H and O–H groups in total. The van der Waals surface area contributed by atoms with Crippen LogP contribution in [0, 0.1) is 0 Å². The summed E-state index contributed by atoms with van der Waals surface area (Å²) in [5.41, 5.74) is -2.17. The van der Waals surface area contributed by atoms with E-state index in [1.54, 1.807) is 19.0 Å². The summed E-state index contributed by atoms with van der Waals surface area (Å²) < 4.78 is 39.1. The van der Waals surface area contributed by atoms with Crippen molar-refractivity contribution in [3.05, 3.63) is 11.8 Å². The fraction of sp³-hybridized carbons (Fsp3) is 0.714. The second kappa shape index (κ2) is 6.48. The van der Waals surface area contributed by atoms with Gasteiger partial charge < -0.3 is 20.0 Å². The zero-order valence-electron chi connectivity index (χ0n) is 13.1. The fourth-order valence-corrected chi connectivity index (χ4v) is 2.50. The molecule has 1 aliphatic heterocycles. The van der Waals surface area contributed by atoms with E-state index >= 15 is 0 Å².